The van der Waals surface area contributed by atoms with E-state index in [0.717, 1.165) is 25.0 Å². The van der Waals surface area contributed by atoms with Crippen LogP contribution in [0.3, 0.4) is 0 Å². The number of nitrogens with one attached hydrogen (secondary N) is 1. The Hall–Kier alpha value is -1.29. The molecule has 0 radical (unpaired) electrons. The standard InChI is InChI=1S/C14H24N2O2/c1-3-12(8-9-15)6-7-14(17)16-11(2)13-5-4-10-18-13/h4-5,10-12H,3,6-9,15H2,1-2H3,(H,16,17). The van der Waals surface area contributed by atoms with Gasteiger partial charge in [-0.3, -0.25) is 4.79 Å². The smallest absolute Gasteiger partial charge is 0.220 e. The van der Waals surface area contributed by atoms with E-state index < -0.39 is 0 Å². The fraction of sp³-hybridized carbons (Fsp3) is 0.643. The number of hydrogen-bond donors (Lipinski definition) is 2. The second kappa shape index (κ2) is 7.93. The predicted molar refractivity (Wildman–Crippen MR) is 72.0 cm³/mol. The van der Waals surface area contributed by atoms with E-state index in [9.17, 15) is 4.79 Å². The molecule has 0 saturated carbocycles. The van der Waals surface area contributed by atoms with Gasteiger partial charge in [0.15, 0.2) is 0 Å². The summed E-state index contributed by atoms with van der Waals surface area (Å²) in [6, 6.07) is 3.63. The zero-order chi connectivity index (χ0) is 13.4. The highest BCUT2D eigenvalue weighted by Gasteiger charge is 2.13. The number of carbonyl (C=O) groups is 1. The molecule has 1 aromatic heterocycles. The van der Waals surface area contributed by atoms with Crippen molar-refractivity contribution in [3.05, 3.63) is 24.2 Å². The Kier molecular flexibility index (Phi) is 6.50. The minimum Gasteiger partial charge on any atom is -0.467 e. The topological polar surface area (TPSA) is 68.3 Å². The van der Waals surface area contributed by atoms with Crippen molar-refractivity contribution in [2.45, 2.75) is 45.6 Å². The van der Waals surface area contributed by atoms with Crippen LogP contribution in [0.5, 0.6) is 0 Å². The molecule has 18 heavy (non-hydrogen) atoms. The van der Waals surface area contributed by atoms with Crippen molar-refractivity contribution < 1.29 is 9.21 Å². The summed E-state index contributed by atoms with van der Waals surface area (Å²) in [4.78, 5) is 11.8. The van der Waals surface area contributed by atoms with E-state index in [0.29, 0.717) is 18.9 Å². The second-order valence-electron chi connectivity index (χ2n) is 4.69. The van der Waals surface area contributed by atoms with Crippen LogP contribution in [0, 0.1) is 5.92 Å². The molecule has 0 aromatic carbocycles. The van der Waals surface area contributed by atoms with Crippen LogP contribution in [0.1, 0.15) is 51.3 Å². The zero-order valence-corrected chi connectivity index (χ0v) is 11.3. The average molecular weight is 252 g/mol. The minimum atomic E-state index is -0.0675. The first kappa shape index (κ1) is 14.8. The summed E-state index contributed by atoms with van der Waals surface area (Å²) in [5, 5.41) is 2.94. The Balaban J connectivity index is 2.29. The van der Waals surface area contributed by atoms with Gasteiger partial charge in [-0.25, -0.2) is 0 Å². The maximum Gasteiger partial charge on any atom is 0.220 e. The Bertz CT molecular complexity index is 336. The zero-order valence-electron chi connectivity index (χ0n) is 11.3. The van der Waals surface area contributed by atoms with Gasteiger partial charge in [-0.2, -0.15) is 0 Å². The molecule has 0 spiro atoms. The lowest BCUT2D eigenvalue weighted by Crippen LogP contribution is -2.26. The van der Waals surface area contributed by atoms with Crippen LogP contribution in [0.2, 0.25) is 0 Å². The quantitative estimate of drug-likeness (QED) is 0.747. The third-order valence-corrected chi connectivity index (χ3v) is 3.28. The van der Waals surface area contributed by atoms with Crippen LogP contribution >= 0.6 is 0 Å². The number of amides is 1. The molecule has 1 aromatic rings. The number of furan rings is 1. The van der Waals surface area contributed by atoms with Crippen LogP contribution in [-0.2, 0) is 4.79 Å². The third kappa shape index (κ3) is 4.92. The van der Waals surface area contributed by atoms with Crippen molar-refractivity contribution in [1.82, 2.24) is 5.32 Å². The Morgan fingerprint density at radius 1 is 1.50 bits per heavy atom. The molecular weight excluding hydrogens is 228 g/mol. The van der Waals surface area contributed by atoms with Crippen molar-refractivity contribution in [2.75, 3.05) is 6.54 Å². The molecule has 0 aliphatic carbocycles. The maximum absolute atomic E-state index is 11.8. The maximum atomic E-state index is 11.8. The lowest BCUT2D eigenvalue weighted by atomic mass is 9.96. The van der Waals surface area contributed by atoms with Crippen LogP contribution < -0.4 is 11.1 Å². The van der Waals surface area contributed by atoms with Crippen molar-refractivity contribution >= 4 is 5.91 Å². The molecule has 2 atom stereocenters. The fourth-order valence-electron chi connectivity index (χ4n) is 2.05. The predicted octanol–water partition coefficient (Wildman–Crippen LogP) is 2.61. The molecule has 0 aliphatic rings. The molecule has 0 saturated heterocycles. The van der Waals surface area contributed by atoms with Crippen molar-refractivity contribution in [3.8, 4) is 0 Å². The lowest BCUT2D eigenvalue weighted by Gasteiger charge is -2.15. The Labute approximate surface area is 109 Å². The van der Waals surface area contributed by atoms with Gasteiger partial charge in [0, 0.05) is 6.42 Å². The van der Waals surface area contributed by atoms with Crippen LogP contribution in [0.15, 0.2) is 22.8 Å². The summed E-state index contributed by atoms with van der Waals surface area (Å²) in [5.41, 5.74) is 5.54. The van der Waals surface area contributed by atoms with Gasteiger partial charge < -0.3 is 15.5 Å². The fourth-order valence-corrected chi connectivity index (χ4v) is 2.05. The van der Waals surface area contributed by atoms with Gasteiger partial charge in [0.25, 0.3) is 0 Å². The molecule has 0 fully saturated rings. The molecular formula is C14H24N2O2. The normalized spacial score (nSPS) is 14.2. The summed E-state index contributed by atoms with van der Waals surface area (Å²) in [5.74, 6) is 1.42. The summed E-state index contributed by atoms with van der Waals surface area (Å²) in [7, 11) is 0. The lowest BCUT2D eigenvalue weighted by molar-refractivity contribution is -0.122. The SMILES string of the molecule is CCC(CCN)CCC(=O)NC(C)c1ccco1. The van der Waals surface area contributed by atoms with Gasteiger partial charge in [-0.15, -0.1) is 0 Å². The Morgan fingerprint density at radius 2 is 2.28 bits per heavy atom. The van der Waals surface area contributed by atoms with E-state index in [1.807, 2.05) is 19.1 Å². The van der Waals surface area contributed by atoms with Gasteiger partial charge in [-0.1, -0.05) is 13.3 Å². The molecule has 4 nitrogen and oxygen atoms in total. The van der Waals surface area contributed by atoms with Crippen LogP contribution in [0.4, 0.5) is 0 Å². The number of carbonyl (C=O) groups excluding carboxylic acids is 1. The monoisotopic (exact) mass is 252 g/mol. The van der Waals surface area contributed by atoms with E-state index >= 15 is 0 Å². The molecule has 1 heterocycles. The number of nitrogens with two attached hydrogens (primary N) is 1. The average Bonchev–Trinajstić information content (AvgIpc) is 2.88. The first-order valence-electron chi connectivity index (χ1n) is 6.70. The van der Waals surface area contributed by atoms with E-state index in [2.05, 4.69) is 12.2 Å². The van der Waals surface area contributed by atoms with Gasteiger partial charge in [0.2, 0.25) is 5.91 Å². The van der Waals surface area contributed by atoms with Crippen LogP contribution in [0.25, 0.3) is 0 Å². The molecule has 4 heteroatoms. The van der Waals surface area contributed by atoms with E-state index in [1.165, 1.54) is 0 Å². The molecule has 2 unspecified atom stereocenters. The first-order valence-corrected chi connectivity index (χ1v) is 6.70. The highest BCUT2D eigenvalue weighted by molar-refractivity contribution is 5.76. The summed E-state index contributed by atoms with van der Waals surface area (Å²) in [6.45, 7) is 4.76. The molecule has 1 rings (SSSR count). The molecule has 1 amide bonds. The van der Waals surface area contributed by atoms with Crippen molar-refractivity contribution in [1.29, 1.82) is 0 Å². The van der Waals surface area contributed by atoms with E-state index in [1.54, 1.807) is 6.26 Å². The second-order valence-corrected chi connectivity index (χ2v) is 4.69. The number of rotatable bonds is 8. The first-order chi connectivity index (χ1) is 8.67. The molecule has 102 valence electrons. The van der Waals surface area contributed by atoms with Gasteiger partial charge in [0.1, 0.15) is 5.76 Å². The van der Waals surface area contributed by atoms with Gasteiger partial charge in [0.05, 0.1) is 12.3 Å². The third-order valence-electron chi connectivity index (χ3n) is 3.28. The van der Waals surface area contributed by atoms with Gasteiger partial charge in [-0.05, 0) is 44.4 Å². The Morgan fingerprint density at radius 3 is 2.83 bits per heavy atom. The number of hydrogen-bond acceptors (Lipinski definition) is 3. The van der Waals surface area contributed by atoms with Crippen LogP contribution in [-0.4, -0.2) is 12.5 Å². The van der Waals surface area contributed by atoms with E-state index in [-0.39, 0.29) is 11.9 Å². The summed E-state index contributed by atoms with van der Waals surface area (Å²) < 4.78 is 5.25. The summed E-state index contributed by atoms with van der Waals surface area (Å²) >= 11 is 0. The molecule has 0 bridgehead atoms. The molecule has 3 N–H and O–H groups in total. The van der Waals surface area contributed by atoms with Crippen molar-refractivity contribution in [2.24, 2.45) is 11.7 Å². The van der Waals surface area contributed by atoms with Gasteiger partial charge >= 0.3 is 0 Å². The summed E-state index contributed by atoms with van der Waals surface area (Å²) in [6.07, 6.45) is 5.16. The molecule has 0 aliphatic heterocycles. The van der Waals surface area contributed by atoms with E-state index in [4.69, 9.17) is 10.2 Å². The minimum absolute atomic E-state index is 0.0675. The highest BCUT2D eigenvalue weighted by atomic mass is 16.3. The van der Waals surface area contributed by atoms with Crippen molar-refractivity contribution in [3.63, 3.8) is 0 Å². The highest BCUT2D eigenvalue weighted by Crippen LogP contribution is 2.16. The largest absolute Gasteiger partial charge is 0.467 e.